The van der Waals surface area contributed by atoms with E-state index in [-0.39, 0.29) is 18.4 Å². The van der Waals surface area contributed by atoms with E-state index in [2.05, 4.69) is 0 Å². The molecule has 0 aromatic heterocycles. The van der Waals surface area contributed by atoms with E-state index in [4.69, 9.17) is 16.7 Å². The Kier molecular flexibility index (Phi) is 4.10. The minimum Gasteiger partial charge on any atom is -0.481 e. The van der Waals surface area contributed by atoms with Crippen LogP contribution in [0.4, 0.5) is 0 Å². The van der Waals surface area contributed by atoms with Gasteiger partial charge in [0, 0.05) is 17.6 Å². The van der Waals surface area contributed by atoms with Gasteiger partial charge in [0.05, 0.1) is 12.3 Å². The summed E-state index contributed by atoms with van der Waals surface area (Å²) in [6.45, 7) is 2.32. The molecule has 0 saturated carbocycles. The third-order valence-electron chi connectivity index (χ3n) is 3.66. The molecule has 0 spiro atoms. The summed E-state index contributed by atoms with van der Waals surface area (Å²) in [6.07, 6.45) is 0.816. The van der Waals surface area contributed by atoms with E-state index in [1.807, 2.05) is 12.1 Å². The molecular formula is C14H16ClNO3. The maximum Gasteiger partial charge on any atom is 0.308 e. The van der Waals surface area contributed by atoms with Gasteiger partial charge >= 0.3 is 5.97 Å². The topological polar surface area (TPSA) is 57.6 Å². The Morgan fingerprint density at radius 3 is 2.53 bits per heavy atom. The van der Waals surface area contributed by atoms with Gasteiger partial charge in [0.25, 0.3) is 0 Å². The quantitative estimate of drug-likeness (QED) is 0.924. The van der Waals surface area contributed by atoms with Crippen molar-refractivity contribution in [2.75, 3.05) is 6.54 Å². The van der Waals surface area contributed by atoms with Crippen molar-refractivity contribution >= 4 is 23.5 Å². The van der Waals surface area contributed by atoms with Gasteiger partial charge in [-0.1, -0.05) is 23.7 Å². The van der Waals surface area contributed by atoms with Crippen LogP contribution in [0, 0.1) is 5.92 Å². The second kappa shape index (κ2) is 5.61. The standard InChI is InChI=1S/C14H16ClNO3/c1-9-12(14(18)19)6-7-16(9)13(17)8-10-2-4-11(15)5-3-10/h2-5,9,12H,6-8H2,1H3,(H,18,19). The minimum absolute atomic E-state index is 0.0291. The van der Waals surface area contributed by atoms with Crippen molar-refractivity contribution in [1.82, 2.24) is 4.90 Å². The van der Waals surface area contributed by atoms with Crippen LogP contribution in [0.15, 0.2) is 24.3 Å². The number of carboxylic acid groups (broad SMARTS) is 1. The Balaban J connectivity index is 2.01. The average molecular weight is 282 g/mol. The van der Waals surface area contributed by atoms with Crippen LogP contribution in [0.25, 0.3) is 0 Å². The highest BCUT2D eigenvalue weighted by molar-refractivity contribution is 6.30. The summed E-state index contributed by atoms with van der Waals surface area (Å²) in [6, 6.07) is 6.89. The maximum atomic E-state index is 12.2. The molecule has 4 nitrogen and oxygen atoms in total. The van der Waals surface area contributed by atoms with Gasteiger partial charge in [-0.15, -0.1) is 0 Å². The number of benzene rings is 1. The molecule has 2 unspecified atom stereocenters. The lowest BCUT2D eigenvalue weighted by atomic mass is 10.0. The zero-order valence-corrected chi connectivity index (χ0v) is 11.4. The van der Waals surface area contributed by atoms with E-state index in [9.17, 15) is 9.59 Å². The molecule has 0 aliphatic carbocycles. The van der Waals surface area contributed by atoms with E-state index < -0.39 is 11.9 Å². The first kappa shape index (κ1) is 13.9. The second-order valence-electron chi connectivity index (χ2n) is 4.86. The summed E-state index contributed by atoms with van der Waals surface area (Å²) in [5, 5.41) is 9.69. The van der Waals surface area contributed by atoms with E-state index in [1.165, 1.54) is 0 Å². The van der Waals surface area contributed by atoms with Crippen LogP contribution in [-0.2, 0) is 16.0 Å². The fraction of sp³-hybridized carbons (Fsp3) is 0.429. The van der Waals surface area contributed by atoms with Crippen molar-refractivity contribution in [3.63, 3.8) is 0 Å². The molecule has 1 aromatic carbocycles. The predicted octanol–water partition coefficient (Wildman–Crippen LogP) is 2.20. The first-order valence-electron chi connectivity index (χ1n) is 6.25. The third kappa shape index (κ3) is 3.07. The number of carboxylic acids is 1. The molecule has 2 atom stereocenters. The molecule has 1 N–H and O–H groups in total. The van der Waals surface area contributed by atoms with Gasteiger partial charge in [0.1, 0.15) is 0 Å². The molecule has 102 valence electrons. The summed E-state index contributed by atoms with van der Waals surface area (Å²) in [5.74, 6) is -1.30. The van der Waals surface area contributed by atoms with Gasteiger partial charge in [-0.2, -0.15) is 0 Å². The lowest BCUT2D eigenvalue weighted by Crippen LogP contribution is -2.38. The number of likely N-dealkylation sites (tertiary alicyclic amines) is 1. The summed E-state index contributed by atoms with van der Waals surface area (Å²) >= 11 is 5.79. The number of carbonyl (C=O) groups is 2. The van der Waals surface area contributed by atoms with Crippen molar-refractivity contribution in [1.29, 1.82) is 0 Å². The van der Waals surface area contributed by atoms with Crippen molar-refractivity contribution in [3.8, 4) is 0 Å². The van der Waals surface area contributed by atoms with Crippen LogP contribution in [0.3, 0.4) is 0 Å². The predicted molar refractivity (Wildman–Crippen MR) is 72.1 cm³/mol. The fourth-order valence-electron chi connectivity index (χ4n) is 2.50. The molecule has 19 heavy (non-hydrogen) atoms. The van der Waals surface area contributed by atoms with E-state index in [0.717, 1.165) is 5.56 Å². The summed E-state index contributed by atoms with van der Waals surface area (Å²) in [7, 11) is 0. The zero-order chi connectivity index (χ0) is 14.0. The number of rotatable bonds is 3. The maximum absolute atomic E-state index is 12.2. The second-order valence-corrected chi connectivity index (χ2v) is 5.30. The van der Waals surface area contributed by atoms with E-state index in [0.29, 0.717) is 18.0 Å². The van der Waals surface area contributed by atoms with Crippen molar-refractivity contribution in [2.24, 2.45) is 5.92 Å². The molecule has 0 radical (unpaired) electrons. The summed E-state index contributed by atoms with van der Waals surface area (Å²) < 4.78 is 0. The monoisotopic (exact) mass is 281 g/mol. The third-order valence-corrected chi connectivity index (χ3v) is 3.91. The Hall–Kier alpha value is -1.55. The number of amides is 1. The summed E-state index contributed by atoms with van der Waals surface area (Å²) in [4.78, 5) is 24.9. The summed E-state index contributed by atoms with van der Waals surface area (Å²) in [5.41, 5.74) is 0.889. The Labute approximate surface area is 117 Å². The van der Waals surface area contributed by atoms with Gasteiger partial charge in [0.15, 0.2) is 0 Å². The van der Waals surface area contributed by atoms with Crippen molar-refractivity contribution < 1.29 is 14.7 Å². The molecule has 1 aliphatic heterocycles. The lowest BCUT2D eigenvalue weighted by molar-refractivity contribution is -0.143. The molecule has 1 aliphatic rings. The molecule has 1 aromatic rings. The molecule has 1 fully saturated rings. The number of aliphatic carboxylic acids is 1. The van der Waals surface area contributed by atoms with Crippen LogP contribution >= 0.6 is 11.6 Å². The highest BCUT2D eigenvalue weighted by Crippen LogP contribution is 2.25. The number of carbonyl (C=O) groups excluding carboxylic acids is 1. The highest BCUT2D eigenvalue weighted by Gasteiger charge is 2.37. The molecule has 1 heterocycles. The molecule has 5 heteroatoms. The van der Waals surface area contributed by atoms with Crippen molar-refractivity contribution in [2.45, 2.75) is 25.8 Å². The van der Waals surface area contributed by atoms with Gasteiger partial charge in [-0.3, -0.25) is 9.59 Å². The van der Waals surface area contributed by atoms with Crippen molar-refractivity contribution in [3.05, 3.63) is 34.9 Å². The minimum atomic E-state index is -0.825. The first-order valence-corrected chi connectivity index (χ1v) is 6.63. The number of hydrogen-bond acceptors (Lipinski definition) is 2. The van der Waals surface area contributed by atoms with Crippen LogP contribution in [0.2, 0.25) is 5.02 Å². The average Bonchev–Trinajstić information content (AvgIpc) is 2.74. The molecule has 2 rings (SSSR count). The Morgan fingerprint density at radius 1 is 1.37 bits per heavy atom. The number of halogens is 1. The normalized spacial score (nSPS) is 22.5. The highest BCUT2D eigenvalue weighted by atomic mass is 35.5. The van der Waals surface area contributed by atoms with Gasteiger partial charge in [-0.05, 0) is 31.0 Å². The van der Waals surface area contributed by atoms with Crippen LogP contribution in [0.1, 0.15) is 18.9 Å². The number of nitrogens with zero attached hydrogens (tertiary/aromatic N) is 1. The van der Waals surface area contributed by atoms with E-state index in [1.54, 1.807) is 24.0 Å². The molecule has 0 bridgehead atoms. The Morgan fingerprint density at radius 2 is 2.00 bits per heavy atom. The lowest BCUT2D eigenvalue weighted by Gasteiger charge is -2.23. The van der Waals surface area contributed by atoms with Gasteiger partial charge < -0.3 is 10.0 Å². The van der Waals surface area contributed by atoms with Gasteiger partial charge in [0.2, 0.25) is 5.91 Å². The SMILES string of the molecule is CC1C(C(=O)O)CCN1C(=O)Cc1ccc(Cl)cc1. The largest absolute Gasteiger partial charge is 0.481 e. The van der Waals surface area contributed by atoms with Crippen LogP contribution in [0.5, 0.6) is 0 Å². The smallest absolute Gasteiger partial charge is 0.308 e. The zero-order valence-electron chi connectivity index (χ0n) is 10.7. The molecular weight excluding hydrogens is 266 g/mol. The fourth-order valence-corrected chi connectivity index (χ4v) is 2.63. The Bertz CT molecular complexity index is 486. The van der Waals surface area contributed by atoms with Crippen LogP contribution in [-0.4, -0.2) is 34.5 Å². The van der Waals surface area contributed by atoms with Gasteiger partial charge in [-0.25, -0.2) is 0 Å². The van der Waals surface area contributed by atoms with Crippen LogP contribution < -0.4 is 0 Å². The molecule has 1 amide bonds. The first-order chi connectivity index (χ1) is 8.99. The number of hydrogen-bond donors (Lipinski definition) is 1. The molecule has 1 saturated heterocycles. The van der Waals surface area contributed by atoms with E-state index >= 15 is 0 Å².